The van der Waals surface area contributed by atoms with Crippen LogP contribution in [0, 0.1) is 0 Å². The number of hydrogen-bond acceptors (Lipinski definition) is 6. The molecule has 0 aliphatic carbocycles. The minimum Gasteiger partial charge on any atom is -0.497 e. The monoisotopic (exact) mass is 422 g/mol. The number of rotatable bonds is 5. The number of benzene rings is 3. The molecule has 7 heteroatoms. The highest BCUT2D eigenvalue weighted by Crippen LogP contribution is 2.39. The first-order chi connectivity index (χ1) is 14.6. The molecule has 0 radical (unpaired) electrons. The topological polar surface area (TPSA) is 60.4 Å². The van der Waals surface area contributed by atoms with Gasteiger partial charge in [0.15, 0.2) is 5.84 Å². The zero-order chi connectivity index (χ0) is 21.1. The van der Waals surface area contributed by atoms with Gasteiger partial charge in [-0.15, -0.1) is 0 Å². The second-order valence-corrected chi connectivity index (χ2v) is 6.96. The molecule has 30 heavy (non-hydrogen) atoms. The second kappa shape index (κ2) is 8.18. The fraction of sp³-hybridized carbons (Fsp3) is 0.130. The molecule has 0 bridgehead atoms. The van der Waals surface area contributed by atoms with Crippen LogP contribution >= 0.6 is 11.6 Å². The predicted octanol–water partition coefficient (Wildman–Crippen LogP) is 4.57. The Labute approximate surface area is 179 Å². The van der Waals surface area contributed by atoms with Crippen LogP contribution in [0.15, 0.2) is 83.9 Å². The van der Waals surface area contributed by atoms with Crippen LogP contribution in [-0.4, -0.2) is 26.0 Å². The Kier molecular flexibility index (Phi) is 5.44. The molecule has 0 saturated carbocycles. The molecular weight excluding hydrogens is 404 g/mol. The Hall–Kier alpha value is -3.35. The number of halogens is 1. The Morgan fingerprint density at radius 3 is 2.23 bits per heavy atom. The third kappa shape index (κ3) is 3.51. The number of methoxy groups -OCH3 is 2. The van der Waals surface area contributed by atoms with Gasteiger partial charge in [0.25, 0.3) is 0 Å². The van der Waals surface area contributed by atoms with E-state index < -0.39 is 11.7 Å². The lowest BCUT2D eigenvalue weighted by molar-refractivity contribution is -0.167. The molecule has 152 valence electrons. The fourth-order valence-electron chi connectivity index (χ4n) is 3.18. The van der Waals surface area contributed by atoms with E-state index in [4.69, 9.17) is 30.9 Å². The van der Waals surface area contributed by atoms with Gasteiger partial charge in [-0.2, -0.15) is 5.06 Å². The van der Waals surface area contributed by atoms with Gasteiger partial charge in [0.1, 0.15) is 5.75 Å². The van der Waals surface area contributed by atoms with Crippen molar-refractivity contribution in [2.75, 3.05) is 19.3 Å². The van der Waals surface area contributed by atoms with Crippen molar-refractivity contribution >= 4 is 29.1 Å². The average Bonchev–Trinajstić information content (AvgIpc) is 3.22. The molecular formula is C23H19ClN2O4. The summed E-state index contributed by atoms with van der Waals surface area (Å²) >= 11 is 6.05. The molecule has 0 aromatic heterocycles. The molecule has 0 amide bonds. The lowest BCUT2D eigenvalue weighted by Crippen LogP contribution is -2.39. The Morgan fingerprint density at radius 2 is 1.63 bits per heavy atom. The van der Waals surface area contributed by atoms with Gasteiger partial charge < -0.3 is 9.47 Å². The molecule has 4 rings (SSSR count). The van der Waals surface area contributed by atoms with Gasteiger partial charge in [0, 0.05) is 16.1 Å². The van der Waals surface area contributed by atoms with Crippen molar-refractivity contribution in [2.24, 2.45) is 4.99 Å². The van der Waals surface area contributed by atoms with E-state index >= 15 is 0 Å². The lowest BCUT2D eigenvalue weighted by Gasteiger charge is -2.26. The first-order valence-corrected chi connectivity index (χ1v) is 9.58. The van der Waals surface area contributed by atoms with Crippen LogP contribution in [0.3, 0.4) is 0 Å². The molecule has 0 fully saturated rings. The van der Waals surface area contributed by atoms with Crippen LogP contribution in [0.2, 0.25) is 5.02 Å². The minimum absolute atomic E-state index is 0.453. The molecule has 0 saturated heterocycles. The summed E-state index contributed by atoms with van der Waals surface area (Å²) in [4.78, 5) is 23.9. The molecule has 1 aliphatic rings. The van der Waals surface area contributed by atoms with E-state index in [9.17, 15) is 4.79 Å². The van der Waals surface area contributed by atoms with Crippen LogP contribution in [-0.2, 0) is 20.1 Å². The average molecular weight is 423 g/mol. The largest absolute Gasteiger partial charge is 0.497 e. The summed E-state index contributed by atoms with van der Waals surface area (Å²) in [6, 6.07) is 23.4. The predicted molar refractivity (Wildman–Crippen MR) is 115 cm³/mol. The van der Waals surface area contributed by atoms with Gasteiger partial charge in [-0.1, -0.05) is 41.9 Å². The highest BCUT2D eigenvalue weighted by Gasteiger charge is 2.51. The Bertz CT molecular complexity index is 1070. The van der Waals surface area contributed by atoms with Gasteiger partial charge in [0.05, 0.1) is 19.9 Å². The number of ether oxygens (including phenoxy) is 2. The Balaban J connectivity index is 1.89. The summed E-state index contributed by atoms with van der Waals surface area (Å²) in [5, 5.41) is 2.10. The number of carbonyl (C=O) groups excluding carboxylic acids is 1. The van der Waals surface area contributed by atoms with Crippen LogP contribution in [0.25, 0.3) is 0 Å². The molecule has 3 aromatic rings. The van der Waals surface area contributed by atoms with E-state index in [0.29, 0.717) is 27.9 Å². The van der Waals surface area contributed by atoms with E-state index in [1.54, 1.807) is 43.5 Å². The fourth-order valence-corrected chi connectivity index (χ4v) is 3.31. The quantitative estimate of drug-likeness (QED) is 0.563. The molecule has 1 heterocycles. The van der Waals surface area contributed by atoms with E-state index in [2.05, 4.69) is 0 Å². The lowest BCUT2D eigenvalue weighted by atomic mass is 10.0. The number of esters is 1. The highest BCUT2D eigenvalue weighted by molar-refractivity contribution is 6.30. The number of nitrogens with zero attached hydrogens (tertiary/aromatic N) is 2. The maximum Gasteiger partial charge on any atom is 0.369 e. The van der Waals surface area contributed by atoms with Crippen LogP contribution in [0.1, 0.15) is 11.1 Å². The van der Waals surface area contributed by atoms with E-state index in [1.807, 2.05) is 42.5 Å². The van der Waals surface area contributed by atoms with Gasteiger partial charge in [0.2, 0.25) is 0 Å². The van der Waals surface area contributed by atoms with Crippen molar-refractivity contribution in [2.45, 2.75) is 5.72 Å². The summed E-state index contributed by atoms with van der Waals surface area (Å²) in [6.45, 7) is 0. The van der Waals surface area contributed by atoms with Gasteiger partial charge in [-0.05, 0) is 48.5 Å². The van der Waals surface area contributed by atoms with Crippen molar-refractivity contribution in [1.29, 1.82) is 0 Å². The van der Waals surface area contributed by atoms with E-state index in [-0.39, 0.29) is 0 Å². The molecule has 1 unspecified atom stereocenters. The van der Waals surface area contributed by atoms with Crippen molar-refractivity contribution in [3.05, 3.63) is 95.0 Å². The van der Waals surface area contributed by atoms with Crippen LogP contribution in [0.4, 0.5) is 5.69 Å². The van der Waals surface area contributed by atoms with Crippen molar-refractivity contribution in [3.63, 3.8) is 0 Å². The zero-order valence-electron chi connectivity index (χ0n) is 16.4. The minimum atomic E-state index is -1.68. The SMILES string of the molecule is COC(=O)C1(c2ccccc2)N=C(c2ccc(OC)cc2)N(c2ccc(Cl)cc2)O1. The van der Waals surface area contributed by atoms with Gasteiger partial charge in [-0.3, -0.25) is 0 Å². The summed E-state index contributed by atoms with van der Waals surface area (Å²) in [5.74, 6) is 0.531. The number of carbonyl (C=O) groups is 1. The van der Waals surface area contributed by atoms with Gasteiger partial charge in [-0.25, -0.2) is 14.6 Å². The van der Waals surface area contributed by atoms with Crippen LogP contribution in [0.5, 0.6) is 5.75 Å². The maximum atomic E-state index is 12.9. The third-order valence-corrected chi connectivity index (χ3v) is 4.97. The Morgan fingerprint density at radius 1 is 0.967 bits per heavy atom. The van der Waals surface area contributed by atoms with Crippen molar-refractivity contribution < 1.29 is 19.1 Å². The summed E-state index contributed by atoms with van der Waals surface area (Å²) in [7, 11) is 2.91. The van der Waals surface area contributed by atoms with Crippen LogP contribution < -0.4 is 9.80 Å². The maximum absolute atomic E-state index is 12.9. The second-order valence-electron chi connectivity index (χ2n) is 6.53. The van der Waals surface area contributed by atoms with Gasteiger partial charge >= 0.3 is 11.7 Å². The molecule has 1 aliphatic heterocycles. The van der Waals surface area contributed by atoms with Crippen molar-refractivity contribution in [1.82, 2.24) is 0 Å². The number of anilines is 1. The van der Waals surface area contributed by atoms with E-state index in [1.165, 1.54) is 12.2 Å². The number of hydroxylamine groups is 1. The number of aliphatic imine (C=N–C) groups is 1. The number of amidine groups is 1. The molecule has 6 nitrogen and oxygen atoms in total. The first kappa shape index (κ1) is 19.9. The van der Waals surface area contributed by atoms with E-state index in [0.717, 1.165) is 5.56 Å². The smallest absolute Gasteiger partial charge is 0.369 e. The molecule has 3 aromatic carbocycles. The molecule has 1 atom stereocenters. The highest BCUT2D eigenvalue weighted by atomic mass is 35.5. The molecule has 0 spiro atoms. The number of hydrogen-bond donors (Lipinski definition) is 0. The summed E-state index contributed by atoms with van der Waals surface area (Å²) in [6.07, 6.45) is 0. The first-order valence-electron chi connectivity index (χ1n) is 9.20. The standard InChI is InChI=1S/C23H19ClN2O4/c1-28-20-14-8-16(9-15-20)21-25-23(22(27)29-2,17-6-4-3-5-7-17)30-26(21)19-12-10-18(24)11-13-19/h3-15H,1-2H3. The normalized spacial score (nSPS) is 18.1. The summed E-state index contributed by atoms with van der Waals surface area (Å²) < 4.78 is 10.3. The summed E-state index contributed by atoms with van der Waals surface area (Å²) in [5.41, 5.74) is 0.285. The zero-order valence-corrected chi connectivity index (χ0v) is 17.2. The third-order valence-electron chi connectivity index (χ3n) is 4.72. The van der Waals surface area contributed by atoms with Crippen molar-refractivity contribution in [3.8, 4) is 5.75 Å². The molecule has 0 N–H and O–H groups in total.